The van der Waals surface area contributed by atoms with Gasteiger partial charge in [0.05, 0.1) is 0 Å². The Morgan fingerprint density at radius 3 is 2.17 bits per heavy atom. The van der Waals surface area contributed by atoms with Gasteiger partial charge in [-0.05, 0) is 0 Å². The molecule has 2 heteroatoms. The summed E-state index contributed by atoms with van der Waals surface area (Å²) in [7, 11) is 0. The average molecular weight is 312 g/mol. The first-order chi connectivity index (χ1) is 4.91. The van der Waals surface area contributed by atoms with Gasteiger partial charge in [-0.3, -0.25) is 0 Å². The molecule has 12 heavy (non-hydrogen) atoms. The van der Waals surface area contributed by atoms with Crippen LogP contribution in [0.5, 0.6) is 0 Å². The molecule has 0 aliphatic rings. The van der Waals surface area contributed by atoms with Crippen LogP contribution in [0.2, 0.25) is 0 Å². The van der Waals surface area contributed by atoms with Crippen LogP contribution in [0.4, 0.5) is 0 Å². The van der Waals surface area contributed by atoms with Gasteiger partial charge in [0, 0.05) is 0 Å². The Morgan fingerprint density at radius 2 is 1.67 bits per heavy atom. The fourth-order valence-corrected chi connectivity index (χ4v) is 0.984. The van der Waals surface area contributed by atoms with E-state index in [9.17, 15) is 0 Å². The van der Waals surface area contributed by atoms with Crippen molar-refractivity contribution in [1.82, 2.24) is 0 Å². The normalized spacial score (nSPS) is 9.08. The summed E-state index contributed by atoms with van der Waals surface area (Å²) in [5.74, 6) is 0. The SMILES string of the molecule is [Ba+2].[CH2-]/C=C/CCCCCCC.[Cl-]. The molecule has 0 aliphatic carbocycles. The van der Waals surface area contributed by atoms with E-state index >= 15 is 0 Å². The zero-order valence-electron chi connectivity index (χ0n) is 8.19. The predicted molar refractivity (Wildman–Crippen MR) is 53.6 cm³/mol. The topological polar surface area (TPSA) is 0 Å². The average Bonchev–Trinajstić information content (AvgIpc) is 1.97. The second-order valence-corrected chi connectivity index (χ2v) is 2.67. The number of unbranched alkanes of at least 4 members (excludes halogenated alkanes) is 5. The summed E-state index contributed by atoms with van der Waals surface area (Å²) >= 11 is 0. The molecule has 0 aliphatic heterocycles. The summed E-state index contributed by atoms with van der Waals surface area (Å²) < 4.78 is 0. The number of hydrogen-bond acceptors (Lipinski definition) is 0. The third-order valence-corrected chi connectivity index (χ3v) is 1.64. The number of allylic oxidation sites excluding steroid dienone is 2. The van der Waals surface area contributed by atoms with Gasteiger partial charge >= 0.3 is 48.9 Å². The van der Waals surface area contributed by atoms with E-state index in [0.29, 0.717) is 0 Å². The molecular formula is C10H19BaCl. The Bertz CT molecular complexity index is 81.9. The smallest absolute Gasteiger partial charge is 1.00 e. The van der Waals surface area contributed by atoms with Gasteiger partial charge in [-0.2, -0.15) is 0 Å². The fraction of sp³-hybridized carbons (Fsp3) is 0.700. The maximum atomic E-state index is 3.64. The minimum absolute atomic E-state index is 0. The molecule has 0 fully saturated rings. The summed E-state index contributed by atoms with van der Waals surface area (Å²) in [6, 6.07) is 0. The second kappa shape index (κ2) is 18.3. The Kier molecular flexibility index (Phi) is 29.1. The standard InChI is InChI=1S/C10H19.Ba.ClH/c1-3-5-7-9-10-8-6-4-2;;/h3,5H,1,4,6-10H2,2H3;;1H/q-1;+2;/p-1/b5-3+;;. The van der Waals surface area contributed by atoms with Gasteiger partial charge in [-0.15, -0.1) is 6.42 Å². The molecule has 0 radical (unpaired) electrons. The van der Waals surface area contributed by atoms with Crippen molar-refractivity contribution in [1.29, 1.82) is 0 Å². The quantitative estimate of drug-likeness (QED) is 0.377. The molecule has 0 N–H and O–H groups in total. The van der Waals surface area contributed by atoms with E-state index in [1.807, 2.05) is 6.08 Å². The van der Waals surface area contributed by atoms with E-state index < -0.39 is 0 Å². The van der Waals surface area contributed by atoms with Gasteiger partial charge < -0.3 is 12.4 Å². The van der Waals surface area contributed by atoms with Crippen molar-refractivity contribution >= 4 is 48.9 Å². The van der Waals surface area contributed by atoms with Crippen LogP contribution < -0.4 is 12.4 Å². The predicted octanol–water partition coefficient (Wildman–Crippen LogP) is 0.360. The molecule has 0 unspecified atom stereocenters. The summed E-state index contributed by atoms with van der Waals surface area (Å²) in [5, 5.41) is 0. The maximum Gasteiger partial charge on any atom is 2.00 e. The van der Waals surface area contributed by atoms with Crippen LogP contribution in [-0.4, -0.2) is 48.9 Å². The van der Waals surface area contributed by atoms with Crippen LogP contribution >= 0.6 is 0 Å². The summed E-state index contributed by atoms with van der Waals surface area (Å²) in [5.41, 5.74) is 0. The molecule has 0 rings (SSSR count). The van der Waals surface area contributed by atoms with Crippen molar-refractivity contribution in [2.24, 2.45) is 0 Å². The molecule has 0 saturated heterocycles. The molecule has 0 aromatic carbocycles. The third-order valence-electron chi connectivity index (χ3n) is 1.64. The Morgan fingerprint density at radius 1 is 1.08 bits per heavy atom. The molecule has 0 heterocycles. The Balaban J connectivity index is -0.000000405. The first kappa shape index (κ1) is 19.1. The Labute approximate surface area is 124 Å². The summed E-state index contributed by atoms with van der Waals surface area (Å²) in [6.07, 6.45) is 12.1. The van der Waals surface area contributed by atoms with Crippen molar-refractivity contribution in [3.8, 4) is 0 Å². The van der Waals surface area contributed by atoms with E-state index in [1.165, 1.54) is 38.5 Å². The number of halogens is 1. The van der Waals surface area contributed by atoms with Gasteiger partial charge in [0.2, 0.25) is 0 Å². The van der Waals surface area contributed by atoms with Crippen LogP contribution in [0.1, 0.15) is 45.4 Å². The first-order valence-electron chi connectivity index (χ1n) is 4.36. The van der Waals surface area contributed by atoms with Crippen LogP contribution in [-0.2, 0) is 0 Å². The van der Waals surface area contributed by atoms with E-state index in [1.54, 1.807) is 0 Å². The van der Waals surface area contributed by atoms with Gasteiger partial charge in [-0.25, -0.2) is 19.1 Å². The molecule has 0 amide bonds. The Hall–Kier alpha value is 1.47. The fourth-order valence-electron chi connectivity index (χ4n) is 0.984. The molecule has 0 spiro atoms. The molecule has 0 saturated carbocycles. The molecule has 68 valence electrons. The van der Waals surface area contributed by atoms with Crippen LogP contribution in [0, 0.1) is 6.92 Å². The maximum absolute atomic E-state index is 3.64. The minimum Gasteiger partial charge on any atom is -1.00 e. The van der Waals surface area contributed by atoms with Crippen molar-refractivity contribution in [3.63, 3.8) is 0 Å². The van der Waals surface area contributed by atoms with Gasteiger partial charge in [-0.1, -0.05) is 39.0 Å². The molecule has 0 aromatic heterocycles. The monoisotopic (exact) mass is 312 g/mol. The van der Waals surface area contributed by atoms with Gasteiger partial charge in [0.25, 0.3) is 0 Å². The third kappa shape index (κ3) is 17.5. The molecule has 0 nitrogen and oxygen atoms in total. The van der Waals surface area contributed by atoms with Crippen molar-refractivity contribution < 1.29 is 12.4 Å². The number of rotatable bonds is 6. The summed E-state index contributed by atoms with van der Waals surface area (Å²) in [4.78, 5) is 0. The number of hydrogen-bond donors (Lipinski definition) is 0. The largest absolute Gasteiger partial charge is 2.00 e. The molecule has 0 aromatic rings. The van der Waals surface area contributed by atoms with Crippen LogP contribution in [0.15, 0.2) is 12.2 Å². The van der Waals surface area contributed by atoms with E-state index in [-0.39, 0.29) is 61.3 Å². The van der Waals surface area contributed by atoms with E-state index in [2.05, 4.69) is 19.9 Å². The zero-order chi connectivity index (χ0) is 7.66. The van der Waals surface area contributed by atoms with E-state index in [4.69, 9.17) is 0 Å². The van der Waals surface area contributed by atoms with Crippen LogP contribution in [0.25, 0.3) is 0 Å². The van der Waals surface area contributed by atoms with E-state index in [0.717, 1.165) is 0 Å². The second-order valence-electron chi connectivity index (χ2n) is 2.67. The van der Waals surface area contributed by atoms with Crippen molar-refractivity contribution in [2.75, 3.05) is 0 Å². The first-order valence-corrected chi connectivity index (χ1v) is 4.36. The van der Waals surface area contributed by atoms with Crippen molar-refractivity contribution in [2.45, 2.75) is 45.4 Å². The zero-order valence-corrected chi connectivity index (χ0v) is 13.4. The minimum atomic E-state index is 0. The van der Waals surface area contributed by atoms with Gasteiger partial charge in [0.1, 0.15) is 0 Å². The molecule has 0 atom stereocenters. The van der Waals surface area contributed by atoms with Crippen molar-refractivity contribution in [3.05, 3.63) is 19.1 Å². The van der Waals surface area contributed by atoms with Gasteiger partial charge in [0.15, 0.2) is 0 Å². The molecular weight excluding hydrogens is 293 g/mol. The molecule has 0 bridgehead atoms. The van der Waals surface area contributed by atoms with Crippen LogP contribution in [0.3, 0.4) is 0 Å². The summed E-state index contributed by atoms with van der Waals surface area (Å²) in [6.45, 7) is 5.88.